The summed E-state index contributed by atoms with van der Waals surface area (Å²) in [6, 6.07) is 4.61. The minimum Gasteiger partial charge on any atom is -0.495 e. The molecule has 1 atom stereocenters. The summed E-state index contributed by atoms with van der Waals surface area (Å²) in [5, 5.41) is 11.6. The number of benzene rings is 1. The summed E-state index contributed by atoms with van der Waals surface area (Å²) in [6.07, 6.45) is -1.69. The number of aliphatic hydroxyl groups is 1. The van der Waals surface area contributed by atoms with E-state index in [4.69, 9.17) is 16.9 Å². The van der Waals surface area contributed by atoms with Crippen molar-refractivity contribution in [2.75, 3.05) is 19.4 Å². The third kappa shape index (κ3) is 3.13. The molecule has 0 aliphatic heterocycles. The Labute approximate surface area is 95.6 Å². The van der Waals surface area contributed by atoms with Gasteiger partial charge in [0, 0.05) is 12.1 Å². The van der Waals surface area contributed by atoms with Crippen molar-refractivity contribution in [2.24, 2.45) is 0 Å². The average molecular weight is 225 g/mol. The smallest absolute Gasteiger partial charge is 0.251 e. The van der Waals surface area contributed by atoms with Gasteiger partial charge in [-0.1, -0.05) is 0 Å². The highest BCUT2D eigenvalue weighted by molar-refractivity contribution is 5.95. The zero-order chi connectivity index (χ0) is 13.1. The van der Waals surface area contributed by atoms with E-state index in [1.165, 1.54) is 20.1 Å². The molecule has 1 rings (SSSR count). The molecule has 5 nitrogen and oxygen atoms in total. The van der Waals surface area contributed by atoms with Gasteiger partial charge in [0.25, 0.3) is 5.91 Å². The van der Waals surface area contributed by atoms with Gasteiger partial charge >= 0.3 is 0 Å². The van der Waals surface area contributed by atoms with Crippen LogP contribution in [0.4, 0.5) is 5.69 Å². The summed E-state index contributed by atoms with van der Waals surface area (Å²) in [6.45, 7) is 1.13. The molecule has 1 aromatic rings. The Hall–Kier alpha value is -1.75. The van der Waals surface area contributed by atoms with Crippen molar-refractivity contribution >= 4 is 11.6 Å². The van der Waals surface area contributed by atoms with Crippen molar-refractivity contribution in [1.82, 2.24) is 5.32 Å². The summed E-state index contributed by atoms with van der Waals surface area (Å²) in [5.41, 5.74) is 6.42. The van der Waals surface area contributed by atoms with Gasteiger partial charge in [-0.25, -0.2) is 0 Å². The van der Waals surface area contributed by atoms with Crippen LogP contribution in [0.5, 0.6) is 5.75 Å². The molecule has 4 N–H and O–H groups in total. The number of nitrogen functional groups attached to an aromatic ring is 1. The van der Waals surface area contributed by atoms with Crippen LogP contribution in [0.2, 0.25) is 0 Å². The molecule has 0 aromatic heterocycles. The van der Waals surface area contributed by atoms with E-state index in [1.807, 2.05) is 0 Å². The van der Waals surface area contributed by atoms with E-state index in [2.05, 4.69) is 5.32 Å². The number of nitrogens with one attached hydrogen (secondary N) is 1. The van der Waals surface area contributed by atoms with Gasteiger partial charge in [0.15, 0.2) is 0 Å². The molecule has 0 spiro atoms. The number of hydrogen-bond donors (Lipinski definition) is 3. The fourth-order valence-corrected chi connectivity index (χ4v) is 1.16. The Bertz CT molecular complexity index is 416. The molecule has 1 amide bonds. The summed E-state index contributed by atoms with van der Waals surface area (Å²) in [5.74, 6) is 0.0195. The lowest BCUT2D eigenvalue weighted by Crippen LogP contribution is -2.30. The van der Waals surface area contributed by atoms with Gasteiger partial charge in [-0.3, -0.25) is 4.79 Å². The molecule has 5 heteroatoms. The lowest BCUT2D eigenvalue weighted by atomic mass is 10.1. The molecule has 1 unspecified atom stereocenters. The largest absolute Gasteiger partial charge is 0.495 e. The first kappa shape index (κ1) is 10.8. The van der Waals surface area contributed by atoms with Crippen LogP contribution in [0.25, 0.3) is 0 Å². The van der Waals surface area contributed by atoms with Crippen LogP contribution in [-0.4, -0.2) is 30.7 Å². The molecule has 88 valence electrons. The second-order valence-electron chi connectivity index (χ2n) is 3.37. The van der Waals surface area contributed by atoms with Crippen molar-refractivity contribution in [3.05, 3.63) is 23.8 Å². The molecule has 16 heavy (non-hydrogen) atoms. The van der Waals surface area contributed by atoms with Gasteiger partial charge < -0.3 is 20.9 Å². The predicted molar refractivity (Wildman–Crippen MR) is 61.4 cm³/mol. The van der Waals surface area contributed by atoms with Crippen LogP contribution in [0.15, 0.2) is 18.2 Å². The number of rotatable bonds is 4. The fraction of sp³-hybridized carbons (Fsp3) is 0.364. The second kappa shape index (κ2) is 5.37. The number of methoxy groups -OCH3 is 1. The number of amides is 1. The van der Waals surface area contributed by atoms with Crippen LogP contribution in [0.3, 0.4) is 0 Å². The van der Waals surface area contributed by atoms with Gasteiger partial charge in [0.05, 0.1) is 20.2 Å². The standard InChI is InChI=1S/C11H16N2O3/c1-7(14)6-13-11(15)8-3-4-9(12)10(5-8)16-2/h3-5,7,14H,6,12H2,1-2H3,(H,13,15)/i7D. The lowest BCUT2D eigenvalue weighted by molar-refractivity contribution is 0.0923. The molecule has 0 saturated heterocycles. The zero-order valence-electron chi connectivity index (χ0n) is 10.3. The van der Waals surface area contributed by atoms with Crippen molar-refractivity contribution in [3.63, 3.8) is 0 Å². The summed E-state index contributed by atoms with van der Waals surface area (Å²) in [7, 11) is 1.46. The maximum Gasteiger partial charge on any atom is 0.251 e. The van der Waals surface area contributed by atoms with E-state index in [0.717, 1.165) is 0 Å². The highest BCUT2D eigenvalue weighted by atomic mass is 16.5. The normalized spacial score (nSPS) is 14.8. The van der Waals surface area contributed by atoms with Gasteiger partial charge in [-0.05, 0) is 25.1 Å². The maximum absolute atomic E-state index is 11.7. The molecule has 0 fully saturated rings. The average Bonchev–Trinajstić information content (AvgIpc) is 2.25. The first-order valence-electron chi connectivity index (χ1n) is 5.27. The Morgan fingerprint density at radius 2 is 2.44 bits per heavy atom. The summed E-state index contributed by atoms with van der Waals surface area (Å²) >= 11 is 0. The fourth-order valence-electron chi connectivity index (χ4n) is 1.16. The van der Waals surface area contributed by atoms with E-state index in [0.29, 0.717) is 17.0 Å². The van der Waals surface area contributed by atoms with E-state index in [1.54, 1.807) is 12.1 Å². The summed E-state index contributed by atoms with van der Waals surface area (Å²) in [4.78, 5) is 11.7. The molecule has 0 saturated carbocycles. The Morgan fingerprint density at radius 1 is 1.75 bits per heavy atom. The molecule has 0 bridgehead atoms. The quantitative estimate of drug-likeness (QED) is 0.647. The van der Waals surface area contributed by atoms with Crippen LogP contribution < -0.4 is 15.8 Å². The molecule has 0 aliphatic carbocycles. The van der Waals surface area contributed by atoms with Crippen LogP contribution >= 0.6 is 0 Å². The highest BCUT2D eigenvalue weighted by Gasteiger charge is 2.09. The van der Waals surface area contributed by atoms with Crippen molar-refractivity contribution in [1.29, 1.82) is 0 Å². The van der Waals surface area contributed by atoms with Crippen molar-refractivity contribution in [2.45, 2.75) is 13.0 Å². The monoisotopic (exact) mass is 225 g/mol. The Kier molecular flexibility index (Phi) is 3.61. The third-order valence-electron chi connectivity index (χ3n) is 2.00. The SMILES string of the molecule is [2H]C(C)(O)CNC(=O)c1ccc(N)c(OC)c1. The number of nitrogens with two attached hydrogens (primary N) is 1. The molecule has 0 radical (unpaired) electrons. The molecular weight excluding hydrogens is 208 g/mol. The van der Waals surface area contributed by atoms with Gasteiger partial charge in [0.2, 0.25) is 0 Å². The first-order chi connectivity index (χ1) is 7.83. The predicted octanol–water partition coefficient (Wildman–Crippen LogP) is 0.388. The molecule has 1 aromatic carbocycles. The van der Waals surface area contributed by atoms with E-state index in [9.17, 15) is 4.79 Å². The minimum atomic E-state index is -1.69. The first-order valence-corrected chi connectivity index (χ1v) is 4.77. The van der Waals surface area contributed by atoms with Gasteiger partial charge in [-0.2, -0.15) is 0 Å². The minimum absolute atomic E-state index is 0.154. The Balaban J connectivity index is 2.76. The number of hydrogen-bond acceptors (Lipinski definition) is 4. The van der Waals surface area contributed by atoms with Crippen molar-refractivity contribution < 1.29 is 16.0 Å². The van der Waals surface area contributed by atoms with Gasteiger partial charge in [-0.15, -0.1) is 0 Å². The second-order valence-corrected chi connectivity index (χ2v) is 3.37. The topological polar surface area (TPSA) is 84.6 Å². The number of anilines is 1. The lowest BCUT2D eigenvalue weighted by Gasteiger charge is -2.09. The van der Waals surface area contributed by atoms with Crippen LogP contribution in [-0.2, 0) is 0 Å². The molecular formula is C11H16N2O3. The number of carbonyl (C=O) groups is 1. The van der Waals surface area contributed by atoms with E-state index in [-0.39, 0.29) is 6.54 Å². The number of carbonyl (C=O) groups excluding carboxylic acids is 1. The van der Waals surface area contributed by atoms with Gasteiger partial charge in [0.1, 0.15) is 5.75 Å². The van der Waals surface area contributed by atoms with Crippen LogP contribution in [0, 0.1) is 0 Å². The Morgan fingerprint density at radius 3 is 3.00 bits per heavy atom. The maximum atomic E-state index is 11.7. The van der Waals surface area contributed by atoms with Crippen molar-refractivity contribution in [3.8, 4) is 5.75 Å². The third-order valence-corrected chi connectivity index (χ3v) is 2.00. The zero-order valence-corrected chi connectivity index (χ0v) is 9.28. The van der Waals surface area contributed by atoms with E-state index < -0.39 is 12.0 Å². The summed E-state index contributed by atoms with van der Waals surface area (Å²) < 4.78 is 12.2. The van der Waals surface area contributed by atoms with Crippen LogP contribution in [0.1, 0.15) is 18.7 Å². The number of ether oxygens (including phenoxy) is 1. The van der Waals surface area contributed by atoms with E-state index >= 15 is 0 Å². The molecule has 0 aliphatic rings. The molecule has 0 heterocycles. The highest BCUT2D eigenvalue weighted by Crippen LogP contribution is 2.21.